The zero-order valence-corrected chi connectivity index (χ0v) is 16.3. The quantitative estimate of drug-likeness (QED) is 0.525. The molecule has 0 radical (unpaired) electrons. The maximum atomic E-state index is 2.55. The van der Waals surface area contributed by atoms with Crippen molar-refractivity contribution < 1.29 is 0 Å². The van der Waals surface area contributed by atoms with Crippen molar-refractivity contribution in [3.63, 3.8) is 0 Å². The summed E-state index contributed by atoms with van der Waals surface area (Å²) in [6.45, 7) is 7.14. The molecule has 24 heavy (non-hydrogen) atoms. The van der Waals surface area contributed by atoms with Gasteiger partial charge in [-0.25, -0.2) is 0 Å². The smallest absolute Gasteiger partial charge is 0.0162 e. The van der Waals surface area contributed by atoms with E-state index in [1.54, 1.807) is 5.56 Å². The summed E-state index contributed by atoms with van der Waals surface area (Å²) < 4.78 is 0. The molecule has 0 unspecified atom stereocenters. The molecule has 0 saturated heterocycles. The number of aryl methyl sites for hydroxylation is 1. The summed E-state index contributed by atoms with van der Waals surface area (Å²) in [5.41, 5.74) is 3.75. The van der Waals surface area contributed by atoms with Gasteiger partial charge in [0.1, 0.15) is 0 Å². The van der Waals surface area contributed by atoms with E-state index in [1.165, 1.54) is 69.8 Å². The van der Waals surface area contributed by atoms with Gasteiger partial charge < -0.3 is 0 Å². The SMILES string of the molecule is CCC[C@]1(C)CC[C@@H](C2CCC(c3ccc(CC)cc3)CC2)CC1. The van der Waals surface area contributed by atoms with Crippen LogP contribution in [0.25, 0.3) is 0 Å². The van der Waals surface area contributed by atoms with Gasteiger partial charge >= 0.3 is 0 Å². The topological polar surface area (TPSA) is 0 Å². The van der Waals surface area contributed by atoms with E-state index in [1.807, 2.05) is 0 Å². The predicted octanol–water partition coefficient (Wildman–Crippen LogP) is 7.52. The van der Waals surface area contributed by atoms with Crippen LogP contribution in [0.3, 0.4) is 0 Å². The number of benzene rings is 1. The van der Waals surface area contributed by atoms with Gasteiger partial charge in [-0.05, 0) is 98.5 Å². The maximum absolute atomic E-state index is 2.55. The van der Waals surface area contributed by atoms with Crippen LogP contribution < -0.4 is 0 Å². The van der Waals surface area contributed by atoms with Crippen LogP contribution in [0.4, 0.5) is 0 Å². The Morgan fingerprint density at radius 1 is 0.833 bits per heavy atom. The second kappa shape index (κ2) is 8.07. The van der Waals surface area contributed by atoms with Gasteiger partial charge in [0.05, 0.1) is 0 Å². The molecule has 0 aromatic heterocycles. The van der Waals surface area contributed by atoms with Crippen LogP contribution in [0.5, 0.6) is 0 Å². The van der Waals surface area contributed by atoms with Crippen molar-refractivity contribution in [1.82, 2.24) is 0 Å². The summed E-state index contributed by atoms with van der Waals surface area (Å²) in [7, 11) is 0. The van der Waals surface area contributed by atoms with Gasteiger partial charge in [-0.15, -0.1) is 0 Å². The Bertz CT molecular complexity index is 481. The molecule has 1 aromatic carbocycles. The van der Waals surface area contributed by atoms with E-state index < -0.39 is 0 Å². The Hall–Kier alpha value is -0.780. The van der Waals surface area contributed by atoms with E-state index in [9.17, 15) is 0 Å². The highest BCUT2D eigenvalue weighted by Gasteiger charge is 2.35. The van der Waals surface area contributed by atoms with Crippen LogP contribution in [-0.2, 0) is 6.42 Å². The molecule has 0 atom stereocenters. The molecule has 134 valence electrons. The van der Waals surface area contributed by atoms with Crippen LogP contribution in [0.15, 0.2) is 24.3 Å². The number of hydrogen-bond donors (Lipinski definition) is 0. The fourth-order valence-corrected chi connectivity index (χ4v) is 5.61. The lowest BCUT2D eigenvalue weighted by Crippen LogP contribution is -2.29. The van der Waals surface area contributed by atoms with Gasteiger partial charge in [0.25, 0.3) is 0 Å². The molecule has 0 heteroatoms. The average Bonchev–Trinajstić information content (AvgIpc) is 2.63. The van der Waals surface area contributed by atoms with Gasteiger partial charge in [-0.3, -0.25) is 0 Å². The van der Waals surface area contributed by atoms with E-state index in [-0.39, 0.29) is 0 Å². The highest BCUT2D eigenvalue weighted by Crippen LogP contribution is 2.48. The van der Waals surface area contributed by atoms with Crippen molar-refractivity contribution in [1.29, 1.82) is 0 Å². The summed E-state index contributed by atoms with van der Waals surface area (Å²) in [6, 6.07) is 9.50. The van der Waals surface area contributed by atoms with Crippen molar-refractivity contribution >= 4 is 0 Å². The normalized spacial score (nSPS) is 34.2. The fourth-order valence-electron chi connectivity index (χ4n) is 5.61. The molecule has 2 aliphatic carbocycles. The fraction of sp³-hybridized carbons (Fsp3) is 0.750. The van der Waals surface area contributed by atoms with Crippen LogP contribution in [0.1, 0.15) is 102 Å². The van der Waals surface area contributed by atoms with Crippen molar-refractivity contribution in [3.8, 4) is 0 Å². The minimum absolute atomic E-state index is 0.670. The minimum atomic E-state index is 0.670. The zero-order chi connectivity index (χ0) is 17.0. The number of rotatable bonds is 5. The van der Waals surface area contributed by atoms with Gasteiger partial charge in [0.15, 0.2) is 0 Å². The lowest BCUT2D eigenvalue weighted by Gasteiger charge is -2.42. The second-order valence-electron chi connectivity index (χ2n) is 9.10. The van der Waals surface area contributed by atoms with E-state index in [0.717, 1.165) is 24.2 Å². The van der Waals surface area contributed by atoms with Crippen molar-refractivity contribution in [2.45, 2.75) is 97.3 Å². The Morgan fingerprint density at radius 2 is 1.42 bits per heavy atom. The molecule has 0 spiro atoms. The maximum Gasteiger partial charge on any atom is -0.0162 e. The lowest BCUT2D eigenvalue weighted by molar-refractivity contribution is 0.104. The van der Waals surface area contributed by atoms with Crippen LogP contribution in [-0.4, -0.2) is 0 Å². The van der Waals surface area contributed by atoms with E-state index in [4.69, 9.17) is 0 Å². The molecular weight excluding hydrogens is 288 g/mol. The summed E-state index contributed by atoms with van der Waals surface area (Å²) in [6.07, 6.45) is 15.8. The third-order valence-electron chi connectivity index (χ3n) is 7.39. The summed E-state index contributed by atoms with van der Waals surface area (Å²) in [5.74, 6) is 2.90. The second-order valence-corrected chi connectivity index (χ2v) is 9.10. The molecule has 0 heterocycles. The highest BCUT2D eigenvalue weighted by atomic mass is 14.4. The standard InChI is InChI=1S/C24H38/c1-4-16-24(3)17-14-23(15-18-24)22-12-10-21(11-13-22)20-8-6-19(5-2)7-9-20/h6-9,21-23H,4-5,10-18H2,1-3H3/t21?,22?,23-,24-. The van der Waals surface area contributed by atoms with Crippen molar-refractivity contribution in [2.24, 2.45) is 17.3 Å². The Morgan fingerprint density at radius 3 is 1.96 bits per heavy atom. The van der Waals surface area contributed by atoms with E-state index >= 15 is 0 Å². The molecule has 0 aliphatic heterocycles. The van der Waals surface area contributed by atoms with Crippen molar-refractivity contribution in [2.75, 3.05) is 0 Å². The van der Waals surface area contributed by atoms with Crippen LogP contribution in [0, 0.1) is 17.3 Å². The van der Waals surface area contributed by atoms with Gasteiger partial charge in [-0.1, -0.05) is 51.5 Å². The molecule has 2 fully saturated rings. The minimum Gasteiger partial charge on any atom is -0.0654 e. The monoisotopic (exact) mass is 326 g/mol. The highest BCUT2D eigenvalue weighted by molar-refractivity contribution is 5.25. The van der Waals surface area contributed by atoms with Crippen LogP contribution >= 0.6 is 0 Å². The van der Waals surface area contributed by atoms with Crippen LogP contribution in [0.2, 0.25) is 0 Å². The molecular formula is C24H38. The molecule has 0 N–H and O–H groups in total. The van der Waals surface area contributed by atoms with E-state index in [0.29, 0.717) is 5.41 Å². The third kappa shape index (κ3) is 4.24. The van der Waals surface area contributed by atoms with Gasteiger partial charge in [-0.2, -0.15) is 0 Å². The van der Waals surface area contributed by atoms with E-state index in [2.05, 4.69) is 45.0 Å². The summed E-state index contributed by atoms with van der Waals surface area (Å²) >= 11 is 0. The molecule has 2 saturated carbocycles. The Kier molecular flexibility index (Phi) is 6.06. The number of hydrogen-bond acceptors (Lipinski definition) is 0. The Balaban J connectivity index is 1.48. The first-order chi connectivity index (χ1) is 11.6. The Labute approximate surface area is 150 Å². The average molecular weight is 327 g/mol. The molecule has 0 amide bonds. The third-order valence-corrected chi connectivity index (χ3v) is 7.39. The molecule has 1 aromatic rings. The van der Waals surface area contributed by atoms with Crippen molar-refractivity contribution in [3.05, 3.63) is 35.4 Å². The predicted molar refractivity (Wildman–Crippen MR) is 105 cm³/mol. The largest absolute Gasteiger partial charge is 0.0654 e. The molecule has 0 nitrogen and oxygen atoms in total. The summed E-state index contributed by atoms with van der Waals surface area (Å²) in [5, 5.41) is 0. The summed E-state index contributed by atoms with van der Waals surface area (Å²) in [4.78, 5) is 0. The molecule has 3 rings (SSSR count). The molecule has 2 aliphatic rings. The van der Waals surface area contributed by atoms with Gasteiger partial charge in [0, 0.05) is 0 Å². The first kappa shape index (κ1) is 18.0. The first-order valence-electron chi connectivity index (χ1n) is 10.7. The lowest BCUT2D eigenvalue weighted by atomic mass is 9.63. The first-order valence-corrected chi connectivity index (χ1v) is 10.7. The zero-order valence-electron chi connectivity index (χ0n) is 16.3. The van der Waals surface area contributed by atoms with Gasteiger partial charge in [0.2, 0.25) is 0 Å². The molecule has 0 bridgehead atoms.